The summed E-state index contributed by atoms with van der Waals surface area (Å²) in [6.45, 7) is 0.202. The zero-order chi connectivity index (χ0) is 11.4. The van der Waals surface area contributed by atoms with Crippen molar-refractivity contribution in [1.82, 2.24) is 5.32 Å². The summed E-state index contributed by atoms with van der Waals surface area (Å²) < 4.78 is 5.46. The third kappa shape index (κ3) is 3.46. The lowest BCUT2D eigenvalue weighted by Crippen LogP contribution is -2.44. The lowest BCUT2D eigenvalue weighted by molar-refractivity contribution is -0.130. The number of carbonyl (C=O) groups is 1. The van der Waals surface area contributed by atoms with Gasteiger partial charge in [-0.1, -0.05) is 19.3 Å². The molecular formula is C12H22N2O2. The van der Waals surface area contributed by atoms with E-state index in [2.05, 4.69) is 5.32 Å². The molecule has 0 spiro atoms. The molecule has 0 heterocycles. The fourth-order valence-electron chi connectivity index (χ4n) is 2.45. The fourth-order valence-corrected chi connectivity index (χ4v) is 2.45. The van der Waals surface area contributed by atoms with Gasteiger partial charge in [-0.05, 0) is 25.7 Å². The normalized spacial score (nSPS) is 30.8. The van der Waals surface area contributed by atoms with Gasteiger partial charge in [0.2, 0.25) is 5.91 Å². The van der Waals surface area contributed by atoms with Crippen molar-refractivity contribution in [2.24, 2.45) is 5.73 Å². The molecular weight excluding hydrogens is 204 g/mol. The number of carbonyl (C=O) groups excluding carboxylic acids is 1. The van der Waals surface area contributed by atoms with Crippen molar-refractivity contribution in [3.8, 4) is 0 Å². The van der Waals surface area contributed by atoms with Crippen LogP contribution in [0.3, 0.4) is 0 Å². The van der Waals surface area contributed by atoms with Gasteiger partial charge in [-0.2, -0.15) is 0 Å². The number of nitrogens with two attached hydrogens (primary N) is 1. The molecule has 2 aliphatic rings. The van der Waals surface area contributed by atoms with Crippen LogP contribution < -0.4 is 11.1 Å². The van der Waals surface area contributed by atoms with Gasteiger partial charge in [-0.3, -0.25) is 4.79 Å². The highest BCUT2D eigenvalue weighted by atomic mass is 16.5. The van der Waals surface area contributed by atoms with Crippen molar-refractivity contribution < 1.29 is 9.53 Å². The number of amides is 1. The summed E-state index contributed by atoms with van der Waals surface area (Å²) in [5.41, 5.74) is 5.64. The molecule has 0 radical (unpaired) electrons. The molecule has 0 atom stereocenters. The Hall–Kier alpha value is -0.610. The molecule has 0 aromatic carbocycles. The van der Waals surface area contributed by atoms with E-state index in [1.165, 1.54) is 19.3 Å². The predicted octanol–water partition coefficient (Wildman–Crippen LogP) is 0.942. The number of hydrogen-bond acceptors (Lipinski definition) is 3. The first-order valence-corrected chi connectivity index (χ1v) is 6.40. The Labute approximate surface area is 96.9 Å². The van der Waals surface area contributed by atoms with E-state index in [1.54, 1.807) is 0 Å². The van der Waals surface area contributed by atoms with Crippen LogP contribution in [0.25, 0.3) is 0 Å². The summed E-state index contributed by atoms with van der Waals surface area (Å²) in [5.74, 6) is 0.0346. The minimum absolute atomic E-state index is 0.0346. The molecule has 0 saturated heterocycles. The quantitative estimate of drug-likeness (QED) is 0.750. The van der Waals surface area contributed by atoms with Crippen LogP contribution in [0.15, 0.2) is 0 Å². The van der Waals surface area contributed by atoms with Crippen molar-refractivity contribution in [3.05, 3.63) is 0 Å². The third-order valence-electron chi connectivity index (χ3n) is 3.55. The second kappa shape index (κ2) is 5.64. The van der Waals surface area contributed by atoms with Gasteiger partial charge in [0.05, 0.1) is 6.10 Å². The third-order valence-corrected chi connectivity index (χ3v) is 3.55. The van der Waals surface area contributed by atoms with Crippen molar-refractivity contribution in [2.45, 2.75) is 63.1 Å². The molecule has 0 aromatic rings. The molecule has 16 heavy (non-hydrogen) atoms. The average molecular weight is 226 g/mol. The number of nitrogens with one attached hydrogen (secondary N) is 1. The van der Waals surface area contributed by atoms with Crippen LogP contribution >= 0.6 is 0 Å². The Kier molecular flexibility index (Phi) is 4.18. The highest BCUT2D eigenvalue weighted by Crippen LogP contribution is 2.21. The Balaban J connectivity index is 1.57. The molecule has 0 aliphatic heterocycles. The topological polar surface area (TPSA) is 64.3 Å². The van der Waals surface area contributed by atoms with Gasteiger partial charge in [-0.15, -0.1) is 0 Å². The molecule has 2 aliphatic carbocycles. The highest BCUT2D eigenvalue weighted by molar-refractivity contribution is 5.77. The molecule has 92 valence electrons. The summed E-state index contributed by atoms with van der Waals surface area (Å²) in [6, 6.07) is 0.667. The molecule has 0 aromatic heterocycles. The van der Waals surface area contributed by atoms with Crippen molar-refractivity contribution in [1.29, 1.82) is 0 Å². The van der Waals surface area contributed by atoms with E-state index in [4.69, 9.17) is 10.5 Å². The molecule has 2 rings (SSSR count). The minimum Gasteiger partial charge on any atom is -0.368 e. The maximum absolute atomic E-state index is 11.6. The SMILES string of the molecule is NC1CC(OCC(=O)NC2CCCCC2)C1. The van der Waals surface area contributed by atoms with Gasteiger partial charge < -0.3 is 15.8 Å². The van der Waals surface area contributed by atoms with Crippen molar-refractivity contribution in [2.75, 3.05) is 6.61 Å². The first kappa shape index (κ1) is 11.9. The van der Waals surface area contributed by atoms with Crippen LogP contribution in [0.1, 0.15) is 44.9 Å². The van der Waals surface area contributed by atoms with Gasteiger partial charge in [0, 0.05) is 12.1 Å². The lowest BCUT2D eigenvalue weighted by Gasteiger charge is -2.32. The van der Waals surface area contributed by atoms with Gasteiger partial charge in [0.1, 0.15) is 6.61 Å². The summed E-state index contributed by atoms with van der Waals surface area (Å²) in [7, 11) is 0. The van der Waals surface area contributed by atoms with E-state index in [0.29, 0.717) is 6.04 Å². The van der Waals surface area contributed by atoms with Gasteiger partial charge in [-0.25, -0.2) is 0 Å². The van der Waals surface area contributed by atoms with Crippen molar-refractivity contribution in [3.63, 3.8) is 0 Å². The minimum atomic E-state index is 0.0346. The van der Waals surface area contributed by atoms with Crippen LogP contribution in [-0.4, -0.2) is 30.7 Å². The summed E-state index contributed by atoms with van der Waals surface area (Å²) in [4.78, 5) is 11.6. The number of ether oxygens (including phenoxy) is 1. The monoisotopic (exact) mass is 226 g/mol. The highest BCUT2D eigenvalue weighted by Gasteiger charge is 2.27. The Morgan fingerprint density at radius 3 is 2.56 bits per heavy atom. The molecule has 0 unspecified atom stereocenters. The maximum atomic E-state index is 11.6. The Morgan fingerprint density at radius 2 is 1.94 bits per heavy atom. The molecule has 3 N–H and O–H groups in total. The molecule has 4 nitrogen and oxygen atoms in total. The summed E-state index contributed by atoms with van der Waals surface area (Å²) in [6.07, 6.45) is 8.05. The van der Waals surface area contributed by atoms with E-state index in [1.807, 2.05) is 0 Å². The molecule has 2 fully saturated rings. The first-order chi connectivity index (χ1) is 7.74. The zero-order valence-electron chi connectivity index (χ0n) is 9.78. The summed E-state index contributed by atoms with van der Waals surface area (Å²) >= 11 is 0. The number of rotatable bonds is 4. The second-order valence-corrected chi connectivity index (χ2v) is 5.07. The molecule has 0 bridgehead atoms. The van der Waals surface area contributed by atoms with E-state index in [0.717, 1.165) is 25.7 Å². The van der Waals surface area contributed by atoms with E-state index >= 15 is 0 Å². The standard InChI is InChI=1S/C12H22N2O2/c13-9-6-11(7-9)16-8-12(15)14-10-4-2-1-3-5-10/h9-11H,1-8,13H2,(H,14,15). The van der Waals surface area contributed by atoms with E-state index < -0.39 is 0 Å². The van der Waals surface area contributed by atoms with Crippen LogP contribution in [0.4, 0.5) is 0 Å². The largest absolute Gasteiger partial charge is 0.368 e. The van der Waals surface area contributed by atoms with Crippen LogP contribution in [0.2, 0.25) is 0 Å². The lowest BCUT2D eigenvalue weighted by atomic mass is 9.90. The summed E-state index contributed by atoms with van der Waals surface area (Å²) in [5, 5.41) is 3.04. The van der Waals surface area contributed by atoms with Crippen LogP contribution in [0, 0.1) is 0 Å². The second-order valence-electron chi connectivity index (χ2n) is 5.07. The molecule has 2 saturated carbocycles. The number of hydrogen-bond donors (Lipinski definition) is 2. The first-order valence-electron chi connectivity index (χ1n) is 6.40. The zero-order valence-corrected chi connectivity index (χ0v) is 9.78. The van der Waals surface area contributed by atoms with E-state index in [9.17, 15) is 4.79 Å². The van der Waals surface area contributed by atoms with Crippen LogP contribution in [-0.2, 0) is 9.53 Å². The van der Waals surface area contributed by atoms with Crippen LogP contribution in [0.5, 0.6) is 0 Å². The molecule has 1 amide bonds. The Morgan fingerprint density at radius 1 is 1.25 bits per heavy atom. The Bertz CT molecular complexity index is 233. The predicted molar refractivity (Wildman–Crippen MR) is 62.0 cm³/mol. The fraction of sp³-hybridized carbons (Fsp3) is 0.917. The van der Waals surface area contributed by atoms with E-state index in [-0.39, 0.29) is 24.7 Å². The molecule has 4 heteroatoms. The average Bonchev–Trinajstić information content (AvgIpc) is 2.24. The van der Waals surface area contributed by atoms with Gasteiger partial charge in [0.25, 0.3) is 0 Å². The smallest absolute Gasteiger partial charge is 0.246 e. The van der Waals surface area contributed by atoms with Crippen molar-refractivity contribution >= 4 is 5.91 Å². The maximum Gasteiger partial charge on any atom is 0.246 e. The van der Waals surface area contributed by atoms with Gasteiger partial charge >= 0.3 is 0 Å². The van der Waals surface area contributed by atoms with Gasteiger partial charge in [0.15, 0.2) is 0 Å².